The summed E-state index contributed by atoms with van der Waals surface area (Å²) in [6.07, 6.45) is 1.97. The second-order valence-electron chi connectivity index (χ2n) is 5.27. The van der Waals surface area contributed by atoms with Gasteiger partial charge in [-0.15, -0.1) is 0 Å². The maximum Gasteiger partial charge on any atom is 0.0384 e. The summed E-state index contributed by atoms with van der Waals surface area (Å²) < 4.78 is 0. The molecule has 2 rings (SSSR count). The van der Waals surface area contributed by atoms with Gasteiger partial charge in [-0.05, 0) is 37.8 Å². The van der Waals surface area contributed by atoms with Crippen LogP contribution in [0.1, 0.15) is 30.0 Å². The lowest BCUT2D eigenvalue weighted by atomic mass is 9.87. The summed E-state index contributed by atoms with van der Waals surface area (Å²) in [6, 6.07) is 19.1. The van der Waals surface area contributed by atoms with Crippen LogP contribution in [0.4, 0.5) is 0 Å². The van der Waals surface area contributed by atoms with Gasteiger partial charge in [0, 0.05) is 5.54 Å². The third kappa shape index (κ3) is 3.21. The SMILES string of the molecule is Cc1ccc(C(C)(N)CCc2ccccc2)cc1. The van der Waals surface area contributed by atoms with E-state index in [0.717, 1.165) is 12.8 Å². The Hall–Kier alpha value is -1.60. The Morgan fingerprint density at radius 1 is 0.944 bits per heavy atom. The van der Waals surface area contributed by atoms with Gasteiger partial charge in [-0.1, -0.05) is 60.2 Å². The molecule has 2 N–H and O–H groups in total. The molecule has 18 heavy (non-hydrogen) atoms. The third-order valence-corrected chi connectivity index (χ3v) is 3.49. The Bertz CT molecular complexity index is 483. The van der Waals surface area contributed by atoms with Crippen LogP contribution < -0.4 is 5.73 Å². The van der Waals surface area contributed by atoms with Crippen LogP contribution >= 0.6 is 0 Å². The molecule has 2 aromatic rings. The topological polar surface area (TPSA) is 26.0 Å². The highest BCUT2D eigenvalue weighted by atomic mass is 14.7. The lowest BCUT2D eigenvalue weighted by Crippen LogP contribution is -2.33. The Balaban J connectivity index is 2.05. The normalized spacial score (nSPS) is 14.2. The monoisotopic (exact) mass is 239 g/mol. The van der Waals surface area contributed by atoms with E-state index in [9.17, 15) is 0 Å². The smallest absolute Gasteiger partial charge is 0.0384 e. The van der Waals surface area contributed by atoms with Crippen molar-refractivity contribution in [1.29, 1.82) is 0 Å². The van der Waals surface area contributed by atoms with Gasteiger partial charge in [-0.3, -0.25) is 0 Å². The quantitative estimate of drug-likeness (QED) is 0.862. The lowest BCUT2D eigenvalue weighted by Gasteiger charge is -2.25. The molecule has 94 valence electrons. The minimum atomic E-state index is -0.260. The van der Waals surface area contributed by atoms with Crippen LogP contribution in [0, 0.1) is 6.92 Å². The molecule has 1 nitrogen and oxygen atoms in total. The van der Waals surface area contributed by atoms with Gasteiger partial charge in [0.15, 0.2) is 0 Å². The van der Waals surface area contributed by atoms with Crippen LogP contribution in [0.15, 0.2) is 54.6 Å². The molecule has 0 saturated carbocycles. The number of rotatable bonds is 4. The van der Waals surface area contributed by atoms with Gasteiger partial charge in [0.25, 0.3) is 0 Å². The van der Waals surface area contributed by atoms with Gasteiger partial charge >= 0.3 is 0 Å². The van der Waals surface area contributed by atoms with E-state index in [1.165, 1.54) is 16.7 Å². The van der Waals surface area contributed by atoms with Crippen molar-refractivity contribution in [3.8, 4) is 0 Å². The van der Waals surface area contributed by atoms with E-state index in [1.54, 1.807) is 0 Å². The molecule has 1 atom stereocenters. The molecule has 0 fully saturated rings. The average Bonchev–Trinajstić information content (AvgIpc) is 2.38. The molecule has 0 radical (unpaired) electrons. The Labute approximate surface area is 110 Å². The molecule has 0 aliphatic heterocycles. The van der Waals surface area contributed by atoms with Crippen molar-refractivity contribution in [2.24, 2.45) is 5.73 Å². The van der Waals surface area contributed by atoms with Crippen LogP contribution in [0.2, 0.25) is 0 Å². The van der Waals surface area contributed by atoms with Crippen molar-refractivity contribution >= 4 is 0 Å². The molecule has 0 aliphatic rings. The van der Waals surface area contributed by atoms with Gasteiger partial charge in [0.1, 0.15) is 0 Å². The molecule has 1 heteroatoms. The predicted molar refractivity (Wildman–Crippen MR) is 77.5 cm³/mol. The molecule has 0 bridgehead atoms. The van der Waals surface area contributed by atoms with E-state index in [0.29, 0.717) is 0 Å². The van der Waals surface area contributed by atoms with E-state index >= 15 is 0 Å². The van der Waals surface area contributed by atoms with Crippen molar-refractivity contribution in [1.82, 2.24) is 0 Å². The summed E-state index contributed by atoms with van der Waals surface area (Å²) in [5.74, 6) is 0. The molecular formula is C17H21N. The summed E-state index contributed by atoms with van der Waals surface area (Å²) in [7, 11) is 0. The third-order valence-electron chi connectivity index (χ3n) is 3.49. The molecule has 0 amide bonds. The van der Waals surface area contributed by atoms with Crippen LogP contribution in [0.3, 0.4) is 0 Å². The second kappa shape index (κ2) is 5.36. The van der Waals surface area contributed by atoms with Crippen molar-refractivity contribution in [2.45, 2.75) is 32.2 Å². The summed E-state index contributed by atoms with van der Waals surface area (Å²) >= 11 is 0. The van der Waals surface area contributed by atoms with Gasteiger partial charge in [0.05, 0.1) is 0 Å². The minimum absolute atomic E-state index is 0.260. The van der Waals surface area contributed by atoms with E-state index in [-0.39, 0.29) is 5.54 Å². The summed E-state index contributed by atoms with van der Waals surface area (Å²) in [5.41, 5.74) is 10.0. The Morgan fingerprint density at radius 3 is 2.17 bits per heavy atom. The number of nitrogens with two attached hydrogens (primary N) is 1. The number of hydrogen-bond donors (Lipinski definition) is 1. The molecule has 0 saturated heterocycles. The first kappa shape index (κ1) is 12.8. The number of aryl methyl sites for hydroxylation is 2. The molecule has 0 heterocycles. The van der Waals surface area contributed by atoms with E-state index < -0.39 is 0 Å². The highest BCUT2D eigenvalue weighted by Gasteiger charge is 2.20. The molecular weight excluding hydrogens is 218 g/mol. The molecule has 0 aromatic heterocycles. The highest BCUT2D eigenvalue weighted by Crippen LogP contribution is 2.23. The first-order valence-electron chi connectivity index (χ1n) is 6.48. The van der Waals surface area contributed by atoms with Crippen molar-refractivity contribution in [3.63, 3.8) is 0 Å². The zero-order chi connectivity index (χ0) is 13.0. The van der Waals surface area contributed by atoms with Crippen LogP contribution in [0.5, 0.6) is 0 Å². The second-order valence-corrected chi connectivity index (χ2v) is 5.27. The van der Waals surface area contributed by atoms with Gasteiger partial charge in [-0.2, -0.15) is 0 Å². The minimum Gasteiger partial charge on any atom is -0.322 e. The Morgan fingerprint density at radius 2 is 1.56 bits per heavy atom. The number of benzene rings is 2. The van der Waals surface area contributed by atoms with Crippen LogP contribution in [-0.2, 0) is 12.0 Å². The van der Waals surface area contributed by atoms with Crippen LogP contribution in [0.25, 0.3) is 0 Å². The molecule has 0 spiro atoms. The Kier molecular flexibility index (Phi) is 3.83. The predicted octanol–water partition coefficient (Wildman–Crippen LogP) is 3.80. The van der Waals surface area contributed by atoms with Crippen molar-refractivity contribution < 1.29 is 0 Å². The number of hydrogen-bond acceptors (Lipinski definition) is 1. The fourth-order valence-electron chi connectivity index (χ4n) is 2.13. The molecule has 0 aliphatic carbocycles. The van der Waals surface area contributed by atoms with Gasteiger partial charge < -0.3 is 5.73 Å². The fraction of sp³-hybridized carbons (Fsp3) is 0.294. The van der Waals surface area contributed by atoms with Crippen molar-refractivity contribution in [3.05, 3.63) is 71.3 Å². The maximum atomic E-state index is 6.44. The average molecular weight is 239 g/mol. The highest BCUT2D eigenvalue weighted by molar-refractivity contribution is 5.27. The lowest BCUT2D eigenvalue weighted by molar-refractivity contribution is 0.453. The van der Waals surface area contributed by atoms with Gasteiger partial charge in [0.2, 0.25) is 0 Å². The summed E-state index contributed by atoms with van der Waals surface area (Å²) in [4.78, 5) is 0. The van der Waals surface area contributed by atoms with E-state index in [4.69, 9.17) is 5.73 Å². The van der Waals surface area contributed by atoms with E-state index in [2.05, 4.69) is 62.4 Å². The molecule has 2 aromatic carbocycles. The first-order valence-corrected chi connectivity index (χ1v) is 6.48. The molecule has 1 unspecified atom stereocenters. The largest absolute Gasteiger partial charge is 0.322 e. The van der Waals surface area contributed by atoms with E-state index in [1.807, 2.05) is 6.07 Å². The zero-order valence-electron chi connectivity index (χ0n) is 11.2. The summed E-state index contributed by atoms with van der Waals surface area (Å²) in [5, 5.41) is 0. The zero-order valence-corrected chi connectivity index (χ0v) is 11.2. The van der Waals surface area contributed by atoms with Crippen LogP contribution in [-0.4, -0.2) is 0 Å². The maximum absolute atomic E-state index is 6.44. The fourth-order valence-corrected chi connectivity index (χ4v) is 2.13. The summed E-state index contributed by atoms with van der Waals surface area (Å²) in [6.45, 7) is 4.21. The first-order chi connectivity index (χ1) is 8.58. The standard InChI is InChI=1S/C17H21N/c1-14-8-10-16(11-9-14)17(2,18)13-12-15-6-4-3-5-7-15/h3-11H,12-13,18H2,1-2H3. The van der Waals surface area contributed by atoms with Gasteiger partial charge in [-0.25, -0.2) is 0 Å². The van der Waals surface area contributed by atoms with Crippen molar-refractivity contribution in [2.75, 3.05) is 0 Å².